The van der Waals surface area contributed by atoms with Crippen molar-refractivity contribution >= 4 is 16.5 Å². The molecule has 0 bridgehead atoms. The topological polar surface area (TPSA) is 28.2 Å². The van der Waals surface area contributed by atoms with Gasteiger partial charge < -0.3 is 10.2 Å². The van der Waals surface area contributed by atoms with Crippen LogP contribution in [0.5, 0.6) is 0 Å². The van der Waals surface area contributed by atoms with Crippen molar-refractivity contribution in [2.75, 3.05) is 18.0 Å². The molecular formula is C16H31N3S. The monoisotopic (exact) mass is 297 g/mol. The van der Waals surface area contributed by atoms with Crippen molar-refractivity contribution in [1.29, 1.82) is 0 Å². The molecule has 1 heterocycles. The van der Waals surface area contributed by atoms with Gasteiger partial charge in [0.15, 0.2) is 5.13 Å². The molecule has 4 heteroatoms. The Morgan fingerprint density at radius 1 is 1.25 bits per heavy atom. The maximum atomic E-state index is 4.61. The van der Waals surface area contributed by atoms with Crippen molar-refractivity contribution in [2.45, 2.75) is 66.5 Å². The third-order valence-electron chi connectivity index (χ3n) is 3.62. The zero-order valence-electron chi connectivity index (χ0n) is 14.0. The predicted molar refractivity (Wildman–Crippen MR) is 90.7 cm³/mol. The molecule has 0 aliphatic rings. The maximum absolute atomic E-state index is 4.61. The zero-order chi connectivity index (χ0) is 15.2. The first-order valence-electron chi connectivity index (χ1n) is 7.84. The third kappa shape index (κ3) is 5.80. The van der Waals surface area contributed by atoms with Gasteiger partial charge in [0.2, 0.25) is 0 Å². The van der Waals surface area contributed by atoms with Gasteiger partial charge in [0, 0.05) is 36.2 Å². The molecule has 0 aromatic carbocycles. The van der Waals surface area contributed by atoms with Gasteiger partial charge in [-0.1, -0.05) is 26.7 Å². The molecule has 0 fully saturated rings. The Balaban J connectivity index is 2.63. The summed E-state index contributed by atoms with van der Waals surface area (Å²) in [5.74, 6) is 0.773. The molecular weight excluding hydrogens is 266 g/mol. The molecule has 20 heavy (non-hydrogen) atoms. The van der Waals surface area contributed by atoms with Crippen LogP contribution in [-0.4, -0.2) is 23.6 Å². The van der Waals surface area contributed by atoms with E-state index < -0.39 is 0 Å². The summed E-state index contributed by atoms with van der Waals surface area (Å²) in [6, 6.07) is 0. The van der Waals surface area contributed by atoms with Crippen LogP contribution in [-0.2, 0) is 6.54 Å². The molecule has 0 atom stereocenters. The van der Waals surface area contributed by atoms with E-state index in [9.17, 15) is 0 Å². The number of hydrogen-bond acceptors (Lipinski definition) is 4. The number of thiazole rings is 1. The van der Waals surface area contributed by atoms with Gasteiger partial charge in [-0.2, -0.15) is 0 Å². The Hall–Kier alpha value is -0.610. The summed E-state index contributed by atoms with van der Waals surface area (Å²) < 4.78 is 0. The van der Waals surface area contributed by atoms with Crippen molar-refractivity contribution in [1.82, 2.24) is 10.3 Å². The van der Waals surface area contributed by atoms with E-state index >= 15 is 0 Å². The van der Waals surface area contributed by atoms with Gasteiger partial charge in [-0.05, 0) is 33.6 Å². The molecule has 116 valence electrons. The molecule has 0 spiro atoms. The highest BCUT2D eigenvalue weighted by molar-refractivity contribution is 7.15. The molecule has 0 saturated carbocycles. The summed E-state index contributed by atoms with van der Waals surface area (Å²) in [7, 11) is 0. The summed E-state index contributed by atoms with van der Waals surface area (Å²) in [5.41, 5.74) is 0.157. The minimum absolute atomic E-state index is 0.157. The van der Waals surface area contributed by atoms with E-state index in [1.165, 1.54) is 22.9 Å². The van der Waals surface area contributed by atoms with Crippen LogP contribution in [0.4, 0.5) is 5.13 Å². The molecule has 1 rings (SSSR count). The fourth-order valence-corrected chi connectivity index (χ4v) is 3.00. The second kappa shape index (κ2) is 7.99. The summed E-state index contributed by atoms with van der Waals surface area (Å²) in [4.78, 5) is 8.35. The SMILES string of the molecule is CCC(CC)CN(CC)c1ncc(CNC(C)(C)C)s1. The van der Waals surface area contributed by atoms with Gasteiger partial charge in [0.05, 0.1) is 0 Å². The summed E-state index contributed by atoms with van der Waals surface area (Å²) in [6.07, 6.45) is 4.52. The van der Waals surface area contributed by atoms with Gasteiger partial charge in [0.25, 0.3) is 0 Å². The van der Waals surface area contributed by atoms with E-state index in [-0.39, 0.29) is 5.54 Å². The quantitative estimate of drug-likeness (QED) is 0.775. The standard InChI is InChI=1S/C16H31N3S/c1-7-13(8-2)12-19(9-3)15-17-10-14(20-15)11-18-16(4,5)6/h10,13,18H,7-9,11-12H2,1-6H3. The van der Waals surface area contributed by atoms with E-state index in [2.05, 4.69) is 56.7 Å². The molecule has 0 unspecified atom stereocenters. The fourth-order valence-electron chi connectivity index (χ4n) is 2.08. The summed E-state index contributed by atoms with van der Waals surface area (Å²) >= 11 is 1.82. The molecule has 1 N–H and O–H groups in total. The first kappa shape index (κ1) is 17.4. The van der Waals surface area contributed by atoms with Gasteiger partial charge >= 0.3 is 0 Å². The van der Waals surface area contributed by atoms with Gasteiger partial charge in [-0.15, -0.1) is 11.3 Å². The lowest BCUT2D eigenvalue weighted by molar-refractivity contribution is 0.426. The number of nitrogens with one attached hydrogen (secondary N) is 1. The van der Waals surface area contributed by atoms with Crippen LogP contribution < -0.4 is 10.2 Å². The van der Waals surface area contributed by atoms with E-state index in [1.807, 2.05) is 17.5 Å². The second-order valence-corrected chi connectivity index (χ2v) is 7.53. The molecule has 0 aliphatic heterocycles. The molecule has 1 aromatic rings. The maximum Gasteiger partial charge on any atom is 0.185 e. The van der Waals surface area contributed by atoms with Crippen LogP contribution in [0.1, 0.15) is 59.3 Å². The van der Waals surface area contributed by atoms with Crippen molar-refractivity contribution in [3.63, 3.8) is 0 Å². The van der Waals surface area contributed by atoms with E-state index in [0.29, 0.717) is 0 Å². The minimum Gasteiger partial charge on any atom is -0.348 e. The number of aromatic nitrogens is 1. The first-order chi connectivity index (χ1) is 9.39. The van der Waals surface area contributed by atoms with Gasteiger partial charge in [0.1, 0.15) is 0 Å². The normalized spacial score (nSPS) is 12.2. The van der Waals surface area contributed by atoms with Crippen molar-refractivity contribution in [2.24, 2.45) is 5.92 Å². The molecule has 0 saturated heterocycles. The van der Waals surface area contributed by atoms with Crippen LogP contribution in [0.25, 0.3) is 0 Å². The Morgan fingerprint density at radius 2 is 1.90 bits per heavy atom. The fraction of sp³-hybridized carbons (Fsp3) is 0.812. The van der Waals surface area contributed by atoms with E-state index in [1.54, 1.807) is 0 Å². The van der Waals surface area contributed by atoms with Crippen LogP contribution in [0, 0.1) is 5.92 Å². The number of nitrogens with zero attached hydrogens (tertiary/aromatic N) is 2. The Labute approximate surface area is 128 Å². The van der Waals surface area contributed by atoms with Gasteiger partial charge in [-0.3, -0.25) is 0 Å². The van der Waals surface area contributed by atoms with Gasteiger partial charge in [-0.25, -0.2) is 4.98 Å². The smallest absolute Gasteiger partial charge is 0.185 e. The lowest BCUT2D eigenvalue weighted by atomic mass is 10.0. The van der Waals surface area contributed by atoms with Crippen molar-refractivity contribution < 1.29 is 0 Å². The Morgan fingerprint density at radius 3 is 2.40 bits per heavy atom. The number of anilines is 1. The molecule has 0 aliphatic carbocycles. The minimum atomic E-state index is 0.157. The van der Waals surface area contributed by atoms with E-state index in [0.717, 1.165) is 25.6 Å². The Bertz CT molecular complexity index is 377. The summed E-state index contributed by atoms with van der Waals surface area (Å²) in [5, 5.41) is 4.69. The van der Waals surface area contributed by atoms with Crippen LogP contribution in [0.15, 0.2) is 6.20 Å². The van der Waals surface area contributed by atoms with E-state index in [4.69, 9.17) is 0 Å². The first-order valence-corrected chi connectivity index (χ1v) is 8.65. The highest BCUT2D eigenvalue weighted by Crippen LogP contribution is 2.24. The molecule has 0 amide bonds. The Kier molecular flexibility index (Phi) is 6.96. The second-order valence-electron chi connectivity index (χ2n) is 6.43. The lowest BCUT2D eigenvalue weighted by Gasteiger charge is -2.24. The van der Waals surface area contributed by atoms with Crippen LogP contribution >= 0.6 is 11.3 Å². The highest BCUT2D eigenvalue weighted by Gasteiger charge is 2.15. The van der Waals surface area contributed by atoms with Crippen LogP contribution in [0.2, 0.25) is 0 Å². The molecule has 3 nitrogen and oxygen atoms in total. The summed E-state index contributed by atoms with van der Waals surface area (Å²) in [6.45, 7) is 16.4. The molecule has 1 aromatic heterocycles. The average Bonchev–Trinajstić information content (AvgIpc) is 2.86. The van der Waals surface area contributed by atoms with Crippen molar-refractivity contribution in [3.05, 3.63) is 11.1 Å². The largest absolute Gasteiger partial charge is 0.348 e. The average molecular weight is 298 g/mol. The highest BCUT2D eigenvalue weighted by atomic mass is 32.1. The number of hydrogen-bond donors (Lipinski definition) is 1. The zero-order valence-corrected chi connectivity index (χ0v) is 14.8. The molecule has 0 radical (unpaired) electrons. The van der Waals surface area contributed by atoms with Crippen LogP contribution in [0.3, 0.4) is 0 Å². The van der Waals surface area contributed by atoms with Crippen molar-refractivity contribution in [3.8, 4) is 0 Å². The predicted octanol–water partition coefficient (Wildman–Crippen LogP) is 4.29. The third-order valence-corrected chi connectivity index (χ3v) is 4.68. The lowest BCUT2D eigenvalue weighted by Crippen LogP contribution is -2.34. The number of rotatable bonds is 8.